The molecule has 0 spiro atoms. The van der Waals surface area contributed by atoms with Crippen molar-refractivity contribution in [3.05, 3.63) is 47.8 Å². The molecule has 2 fully saturated rings. The fourth-order valence-electron chi connectivity index (χ4n) is 3.89. The van der Waals surface area contributed by atoms with Crippen LogP contribution in [-0.4, -0.2) is 66.6 Å². The lowest BCUT2D eigenvalue weighted by Gasteiger charge is -2.43. The first kappa shape index (κ1) is 18.0. The van der Waals surface area contributed by atoms with Crippen LogP contribution < -0.4 is 0 Å². The molecule has 0 aliphatic carbocycles. The standard InChI is InChI=1S/C18H20N2O6S/c1-12-4-5-13(26-12)9-19-6-7-20(15-11-27(23,24)10-14(15)19)18(22)17(21)16-3-2-8-25-16/h2-5,8,14-15H,6-7,9-11H2,1H3/t14-,15+/m1/s1. The maximum Gasteiger partial charge on any atom is 0.298 e. The number of furan rings is 2. The zero-order valence-corrected chi connectivity index (χ0v) is 15.6. The summed E-state index contributed by atoms with van der Waals surface area (Å²) in [5.74, 6) is -0.131. The molecule has 0 unspecified atom stereocenters. The first-order valence-electron chi connectivity index (χ1n) is 8.73. The van der Waals surface area contributed by atoms with Crippen molar-refractivity contribution in [2.75, 3.05) is 24.6 Å². The van der Waals surface area contributed by atoms with Crippen molar-refractivity contribution in [1.29, 1.82) is 0 Å². The normalized spacial score (nSPS) is 24.7. The minimum atomic E-state index is -3.30. The van der Waals surface area contributed by atoms with E-state index in [0.717, 1.165) is 11.5 Å². The van der Waals surface area contributed by atoms with Crippen molar-refractivity contribution >= 4 is 21.5 Å². The molecule has 2 aromatic heterocycles. The molecule has 8 nitrogen and oxygen atoms in total. The summed E-state index contributed by atoms with van der Waals surface area (Å²) >= 11 is 0. The number of carbonyl (C=O) groups excluding carboxylic acids is 2. The average Bonchev–Trinajstić information content (AvgIpc) is 3.33. The van der Waals surface area contributed by atoms with Gasteiger partial charge in [0.05, 0.1) is 30.4 Å². The Hall–Kier alpha value is -2.39. The number of hydrogen-bond donors (Lipinski definition) is 0. The molecule has 2 aliphatic rings. The number of nitrogens with zero attached hydrogens (tertiary/aromatic N) is 2. The first-order chi connectivity index (χ1) is 12.8. The van der Waals surface area contributed by atoms with Crippen LogP contribution in [0.2, 0.25) is 0 Å². The summed E-state index contributed by atoms with van der Waals surface area (Å²) in [5, 5.41) is 0. The highest BCUT2D eigenvalue weighted by molar-refractivity contribution is 7.91. The van der Waals surface area contributed by atoms with Crippen molar-refractivity contribution < 1.29 is 26.8 Å². The number of sulfone groups is 1. The van der Waals surface area contributed by atoms with E-state index >= 15 is 0 Å². The number of ketones is 1. The van der Waals surface area contributed by atoms with Gasteiger partial charge in [-0.25, -0.2) is 8.42 Å². The van der Waals surface area contributed by atoms with Gasteiger partial charge in [-0.1, -0.05) is 0 Å². The Labute approximate surface area is 156 Å². The zero-order chi connectivity index (χ0) is 19.2. The van der Waals surface area contributed by atoms with Crippen LogP contribution in [0.1, 0.15) is 22.1 Å². The topological polar surface area (TPSA) is 101 Å². The van der Waals surface area contributed by atoms with Crippen molar-refractivity contribution in [2.24, 2.45) is 0 Å². The van der Waals surface area contributed by atoms with Crippen LogP contribution in [0, 0.1) is 6.92 Å². The van der Waals surface area contributed by atoms with E-state index in [0.29, 0.717) is 13.1 Å². The van der Waals surface area contributed by atoms with Crippen molar-refractivity contribution in [1.82, 2.24) is 9.80 Å². The Balaban J connectivity index is 1.56. The molecule has 4 rings (SSSR count). The summed E-state index contributed by atoms with van der Waals surface area (Å²) in [6.45, 7) is 3.07. The van der Waals surface area contributed by atoms with Crippen LogP contribution in [0.15, 0.2) is 39.4 Å². The summed E-state index contributed by atoms with van der Waals surface area (Å²) in [7, 11) is -3.30. The predicted molar refractivity (Wildman–Crippen MR) is 94.8 cm³/mol. The molecule has 27 heavy (non-hydrogen) atoms. The maximum absolute atomic E-state index is 12.7. The van der Waals surface area contributed by atoms with Gasteiger partial charge < -0.3 is 13.7 Å². The second-order valence-corrected chi connectivity index (χ2v) is 9.15. The molecule has 4 heterocycles. The minimum absolute atomic E-state index is 0.0317. The first-order valence-corrected chi connectivity index (χ1v) is 10.5. The summed E-state index contributed by atoms with van der Waals surface area (Å²) in [5.41, 5.74) is 0. The molecule has 0 radical (unpaired) electrons. The van der Waals surface area contributed by atoms with Crippen molar-refractivity contribution in [2.45, 2.75) is 25.6 Å². The van der Waals surface area contributed by atoms with Gasteiger partial charge in [0.2, 0.25) is 0 Å². The smallest absolute Gasteiger partial charge is 0.298 e. The molecule has 2 saturated heterocycles. The molecular formula is C18H20N2O6S. The molecule has 2 aliphatic heterocycles. The minimum Gasteiger partial charge on any atom is -0.465 e. The number of carbonyl (C=O) groups is 2. The van der Waals surface area contributed by atoms with Gasteiger partial charge in [-0.2, -0.15) is 0 Å². The highest BCUT2D eigenvalue weighted by atomic mass is 32.2. The zero-order valence-electron chi connectivity index (χ0n) is 14.8. The van der Waals surface area contributed by atoms with E-state index in [-0.39, 0.29) is 29.9 Å². The summed E-state index contributed by atoms with van der Waals surface area (Å²) in [6.07, 6.45) is 1.33. The van der Waals surface area contributed by atoms with E-state index in [9.17, 15) is 18.0 Å². The van der Waals surface area contributed by atoms with E-state index in [1.807, 2.05) is 24.0 Å². The number of rotatable bonds is 4. The molecule has 0 N–H and O–H groups in total. The highest BCUT2D eigenvalue weighted by Gasteiger charge is 2.49. The van der Waals surface area contributed by atoms with E-state index in [1.165, 1.54) is 23.3 Å². The van der Waals surface area contributed by atoms with E-state index in [2.05, 4.69) is 0 Å². The molecule has 0 saturated carbocycles. The fourth-order valence-corrected chi connectivity index (χ4v) is 5.90. The Bertz CT molecular complexity index is 962. The van der Waals surface area contributed by atoms with Gasteiger partial charge >= 0.3 is 0 Å². The van der Waals surface area contributed by atoms with E-state index < -0.39 is 27.6 Å². The number of Topliss-reactive ketones (excluding diaryl/α,β-unsaturated/α-hetero) is 1. The SMILES string of the molecule is Cc1ccc(CN2CCN(C(=O)C(=O)c3ccco3)[C@H]3CS(=O)(=O)C[C@H]32)o1. The predicted octanol–water partition coefficient (Wildman–Crippen LogP) is 0.874. The van der Waals surface area contributed by atoms with Crippen LogP contribution in [0.25, 0.3) is 0 Å². The second kappa shape index (κ2) is 6.65. The molecule has 0 aromatic carbocycles. The van der Waals surface area contributed by atoms with Crippen LogP contribution in [0.5, 0.6) is 0 Å². The monoisotopic (exact) mass is 392 g/mol. The van der Waals surface area contributed by atoms with E-state index in [1.54, 1.807) is 0 Å². The van der Waals surface area contributed by atoms with Crippen molar-refractivity contribution in [3.8, 4) is 0 Å². The van der Waals surface area contributed by atoms with Crippen molar-refractivity contribution in [3.63, 3.8) is 0 Å². The average molecular weight is 392 g/mol. The van der Waals surface area contributed by atoms with Gasteiger partial charge in [-0.3, -0.25) is 14.5 Å². The van der Waals surface area contributed by atoms with Crippen LogP contribution in [0.4, 0.5) is 0 Å². The van der Waals surface area contributed by atoms with Gasteiger partial charge in [-0.05, 0) is 31.2 Å². The molecule has 2 atom stereocenters. The third-order valence-electron chi connectivity index (χ3n) is 5.15. The summed E-state index contributed by atoms with van der Waals surface area (Å²) in [4.78, 5) is 28.5. The van der Waals surface area contributed by atoms with Gasteiger partial charge in [-0.15, -0.1) is 0 Å². The summed E-state index contributed by atoms with van der Waals surface area (Å²) in [6, 6.07) is 5.78. The summed E-state index contributed by atoms with van der Waals surface area (Å²) < 4.78 is 35.2. The number of hydrogen-bond acceptors (Lipinski definition) is 7. The molecule has 2 aromatic rings. The number of piperazine rings is 1. The molecule has 9 heteroatoms. The molecular weight excluding hydrogens is 372 g/mol. The van der Waals surface area contributed by atoms with Crippen LogP contribution >= 0.6 is 0 Å². The lowest BCUT2D eigenvalue weighted by Crippen LogP contribution is -2.61. The maximum atomic E-state index is 12.7. The molecule has 144 valence electrons. The van der Waals surface area contributed by atoms with Gasteiger partial charge in [0, 0.05) is 19.1 Å². The number of fused-ring (bicyclic) bond motifs is 1. The van der Waals surface area contributed by atoms with E-state index in [4.69, 9.17) is 8.83 Å². The van der Waals surface area contributed by atoms with Gasteiger partial charge in [0.1, 0.15) is 11.5 Å². The number of aryl methyl sites for hydroxylation is 1. The highest BCUT2D eigenvalue weighted by Crippen LogP contribution is 2.29. The largest absolute Gasteiger partial charge is 0.465 e. The third-order valence-corrected chi connectivity index (χ3v) is 6.84. The van der Waals surface area contributed by atoms with Gasteiger partial charge in [0.15, 0.2) is 15.6 Å². The lowest BCUT2D eigenvalue weighted by atomic mass is 10.0. The van der Waals surface area contributed by atoms with Crippen LogP contribution in [0.3, 0.4) is 0 Å². The fraction of sp³-hybridized carbons (Fsp3) is 0.444. The van der Waals surface area contributed by atoms with Gasteiger partial charge in [0.25, 0.3) is 11.7 Å². The Morgan fingerprint density at radius 1 is 1.15 bits per heavy atom. The van der Waals surface area contributed by atoms with Crippen LogP contribution in [-0.2, 0) is 21.2 Å². The lowest BCUT2D eigenvalue weighted by molar-refractivity contribution is -0.132. The quantitative estimate of drug-likeness (QED) is 0.562. The third kappa shape index (κ3) is 3.44. The Morgan fingerprint density at radius 2 is 1.93 bits per heavy atom. The second-order valence-electron chi connectivity index (χ2n) is 7.00. The Morgan fingerprint density at radius 3 is 2.59 bits per heavy atom. The Kier molecular flexibility index (Phi) is 4.43. The number of amides is 1. The molecule has 0 bridgehead atoms. The molecule has 1 amide bonds.